The van der Waals surface area contributed by atoms with Crippen molar-refractivity contribution >= 4 is 0 Å². The molecule has 0 amide bonds. The van der Waals surface area contributed by atoms with Gasteiger partial charge in [-0.15, -0.1) is 0 Å². The number of rotatable bonds is 6. The van der Waals surface area contributed by atoms with Gasteiger partial charge in [-0.2, -0.15) is 0 Å². The molecule has 0 aromatic carbocycles. The van der Waals surface area contributed by atoms with E-state index < -0.39 is 0 Å². The molecule has 0 radical (unpaired) electrons. The maximum atomic E-state index is 5.98. The highest BCUT2D eigenvalue weighted by molar-refractivity contribution is 5.69. The molecule has 3 aromatic rings. The van der Waals surface area contributed by atoms with E-state index >= 15 is 0 Å². The highest BCUT2D eigenvalue weighted by Gasteiger charge is 2.18. The first-order valence-corrected chi connectivity index (χ1v) is 9.32. The normalized spacial score (nSPS) is 13.2. The van der Waals surface area contributed by atoms with Crippen molar-refractivity contribution in [3.8, 4) is 17.0 Å². The van der Waals surface area contributed by atoms with Gasteiger partial charge in [0.2, 0.25) is 5.88 Å². The summed E-state index contributed by atoms with van der Waals surface area (Å²) < 4.78 is 11.2. The van der Waals surface area contributed by atoms with Crippen LogP contribution in [0.2, 0.25) is 0 Å². The van der Waals surface area contributed by atoms with E-state index in [1.807, 2.05) is 36.7 Å². The lowest BCUT2D eigenvalue weighted by Crippen LogP contribution is -2.09. The molecule has 138 valence electrons. The molecule has 1 aliphatic rings. The monoisotopic (exact) mass is 361 g/mol. The van der Waals surface area contributed by atoms with Crippen molar-refractivity contribution in [2.75, 3.05) is 7.11 Å². The van der Waals surface area contributed by atoms with Crippen molar-refractivity contribution in [1.29, 1.82) is 0 Å². The number of pyridine rings is 3. The Kier molecular flexibility index (Phi) is 5.39. The predicted octanol–water partition coefficient (Wildman–Crippen LogP) is 4.14. The molecule has 5 nitrogen and oxygen atoms in total. The Morgan fingerprint density at radius 2 is 1.96 bits per heavy atom. The number of methoxy groups -OCH3 is 1. The van der Waals surface area contributed by atoms with Crippen LogP contribution in [0.15, 0.2) is 48.9 Å². The Bertz CT molecular complexity index is 913. The Morgan fingerprint density at radius 3 is 2.81 bits per heavy atom. The summed E-state index contributed by atoms with van der Waals surface area (Å²) in [6.07, 6.45) is 9.94. The molecule has 0 aliphatic heterocycles. The van der Waals surface area contributed by atoms with Gasteiger partial charge in [-0.3, -0.25) is 9.97 Å². The van der Waals surface area contributed by atoms with Crippen LogP contribution in [0.1, 0.15) is 35.4 Å². The lowest BCUT2D eigenvalue weighted by molar-refractivity contribution is 0.184. The molecule has 0 fully saturated rings. The predicted molar refractivity (Wildman–Crippen MR) is 103 cm³/mol. The molecular formula is C22H23N3O2. The Balaban J connectivity index is 1.68. The van der Waals surface area contributed by atoms with Crippen LogP contribution in [0.25, 0.3) is 11.1 Å². The summed E-state index contributed by atoms with van der Waals surface area (Å²) in [5.41, 5.74) is 6.68. The summed E-state index contributed by atoms with van der Waals surface area (Å²) in [6, 6.07) is 10.0. The summed E-state index contributed by atoms with van der Waals surface area (Å²) in [4.78, 5) is 13.5. The van der Waals surface area contributed by atoms with Crippen LogP contribution < -0.4 is 4.74 Å². The van der Waals surface area contributed by atoms with E-state index in [4.69, 9.17) is 14.5 Å². The van der Waals surface area contributed by atoms with Crippen molar-refractivity contribution in [2.24, 2.45) is 0 Å². The van der Waals surface area contributed by atoms with Gasteiger partial charge in [0, 0.05) is 43.0 Å². The Hall–Kier alpha value is -2.79. The zero-order valence-corrected chi connectivity index (χ0v) is 15.5. The van der Waals surface area contributed by atoms with E-state index in [1.54, 1.807) is 13.3 Å². The van der Waals surface area contributed by atoms with Crippen LogP contribution >= 0.6 is 0 Å². The first kappa shape index (κ1) is 17.6. The van der Waals surface area contributed by atoms with Crippen LogP contribution in [-0.4, -0.2) is 22.1 Å². The summed E-state index contributed by atoms with van der Waals surface area (Å²) in [7, 11) is 1.70. The van der Waals surface area contributed by atoms with Crippen molar-refractivity contribution in [2.45, 2.75) is 38.9 Å². The Labute approximate surface area is 159 Å². The third-order valence-corrected chi connectivity index (χ3v) is 4.79. The molecule has 0 unspecified atom stereocenters. The molecule has 0 saturated heterocycles. The van der Waals surface area contributed by atoms with Gasteiger partial charge < -0.3 is 9.47 Å². The topological polar surface area (TPSA) is 57.1 Å². The lowest BCUT2D eigenvalue weighted by Gasteiger charge is -2.20. The second kappa shape index (κ2) is 8.27. The van der Waals surface area contributed by atoms with E-state index in [-0.39, 0.29) is 0 Å². The zero-order chi connectivity index (χ0) is 18.5. The van der Waals surface area contributed by atoms with Crippen LogP contribution in [-0.2, 0) is 30.8 Å². The van der Waals surface area contributed by atoms with E-state index in [0.717, 1.165) is 35.4 Å². The summed E-state index contributed by atoms with van der Waals surface area (Å²) in [5, 5.41) is 0. The van der Waals surface area contributed by atoms with Gasteiger partial charge in [-0.05, 0) is 60.6 Å². The average Bonchev–Trinajstić information content (AvgIpc) is 2.73. The average molecular weight is 361 g/mol. The van der Waals surface area contributed by atoms with Crippen LogP contribution in [0, 0.1) is 0 Å². The first-order valence-electron chi connectivity index (χ1n) is 9.32. The molecule has 0 spiro atoms. The van der Waals surface area contributed by atoms with Crippen molar-refractivity contribution in [3.05, 3.63) is 71.4 Å². The number of aromatic nitrogens is 3. The fourth-order valence-electron chi connectivity index (χ4n) is 3.52. The second-order valence-electron chi connectivity index (χ2n) is 6.77. The van der Waals surface area contributed by atoms with Gasteiger partial charge >= 0.3 is 0 Å². The molecule has 5 heteroatoms. The molecule has 3 aromatic heterocycles. The smallest absolute Gasteiger partial charge is 0.214 e. The van der Waals surface area contributed by atoms with Crippen LogP contribution in [0.3, 0.4) is 0 Å². The SMILES string of the molecule is COCc1cncc(-c2cc(OCc3ccccn3)nc3c2CCCC3)c1. The van der Waals surface area contributed by atoms with Gasteiger partial charge in [-0.1, -0.05) is 6.07 Å². The highest BCUT2D eigenvalue weighted by Crippen LogP contribution is 2.33. The minimum Gasteiger partial charge on any atom is -0.471 e. The van der Waals surface area contributed by atoms with Crippen molar-refractivity contribution in [3.63, 3.8) is 0 Å². The van der Waals surface area contributed by atoms with E-state index in [0.29, 0.717) is 19.1 Å². The molecule has 3 heterocycles. The first-order chi connectivity index (χ1) is 13.3. The summed E-state index contributed by atoms with van der Waals surface area (Å²) in [5.74, 6) is 0.647. The number of hydrogen-bond acceptors (Lipinski definition) is 5. The molecule has 0 N–H and O–H groups in total. The molecular weight excluding hydrogens is 338 g/mol. The third kappa shape index (κ3) is 4.14. The minimum absolute atomic E-state index is 0.411. The van der Waals surface area contributed by atoms with E-state index in [2.05, 4.69) is 16.0 Å². The lowest BCUT2D eigenvalue weighted by atomic mass is 9.89. The molecule has 4 rings (SSSR count). The number of hydrogen-bond donors (Lipinski definition) is 0. The number of aryl methyl sites for hydroxylation is 1. The molecule has 1 aliphatic carbocycles. The van der Waals surface area contributed by atoms with Crippen molar-refractivity contribution < 1.29 is 9.47 Å². The van der Waals surface area contributed by atoms with E-state index in [9.17, 15) is 0 Å². The fourth-order valence-corrected chi connectivity index (χ4v) is 3.52. The number of fused-ring (bicyclic) bond motifs is 1. The van der Waals surface area contributed by atoms with Crippen LogP contribution in [0.4, 0.5) is 0 Å². The maximum absolute atomic E-state index is 5.98. The fraction of sp³-hybridized carbons (Fsp3) is 0.318. The van der Waals surface area contributed by atoms with Crippen LogP contribution in [0.5, 0.6) is 5.88 Å². The largest absolute Gasteiger partial charge is 0.471 e. The summed E-state index contributed by atoms with van der Waals surface area (Å²) in [6.45, 7) is 0.963. The summed E-state index contributed by atoms with van der Waals surface area (Å²) >= 11 is 0. The van der Waals surface area contributed by atoms with E-state index in [1.165, 1.54) is 24.0 Å². The van der Waals surface area contributed by atoms with Gasteiger partial charge in [-0.25, -0.2) is 4.98 Å². The minimum atomic E-state index is 0.411. The second-order valence-corrected chi connectivity index (χ2v) is 6.77. The third-order valence-electron chi connectivity index (χ3n) is 4.79. The standard InChI is InChI=1S/C22H23N3O2/c1-26-14-16-10-17(13-23-12-16)20-11-22(25-21-8-3-2-7-19(20)21)27-15-18-6-4-5-9-24-18/h4-6,9-13H,2-3,7-8,14-15H2,1H3. The number of ether oxygens (including phenoxy) is 2. The molecule has 27 heavy (non-hydrogen) atoms. The van der Waals surface area contributed by atoms with Gasteiger partial charge in [0.15, 0.2) is 0 Å². The Morgan fingerprint density at radius 1 is 1.04 bits per heavy atom. The number of nitrogens with zero attached hydrogens (tertiary/aromatic N) is 3. The molecule has 0 atom stereocenters. The molecule has 0 bridgehead atoms. The maximum Gasteiger partial charge on any atom is 0.214 e. The molecule has 0 saturated carbocycles. The van der Waals surface area contributed by atoms with Gasteiger partial charge in [0.05, 0.1) is 12.3 Å². The quantitative estimate of drug-likeness (QED) is 0.660. The van der Waals surface area contributed by atoms with Crippen molar-refractivity contribution in [1.82, 2.24) is 15.0 Å². The van der Waals surface area contributed by atoms with Gasteiger partial charge in [0.25, 0.3) is 0 Å². The highest BCUT2D eigenvalue weighted by atomic mass is 16.5. The van der Waals surface area contributed by atoms with Gasteiger partial charge in [0.1, 0.15) is 6.61 Å². The zero-order valence-electron chi connectivity index (χ0n) is 15.5.